The van der Waals surface area contributed by atoms with E-state index in [9.17, 15) is 23.1 Å². The molecule has 1 saturated carbocycles. The number of carboxylic acids is 1. The lowest BCUT2D eigenvalue weighted by molar-refractivity contribution is -0.149. The molecule has 0 spiro atoms. The summed E-state index contributed by atoms with van der Waals surface area (Å²) in [5, 5.41) is 10.8. The van der Waals surface area contributed by atoms with Crippen molar-refractivity contribution in [3.8, 4) is 0 Å². The molecule has 176 valence electrons. The highest BCUT2D eigenvalue weighted by molar-refractivity contribution is 9.10. The molecule has 3 aromatic carbocycles. The Morgan fingerprint density at radius 1 is 1.00 bits per heavy atom. The predicted molar refractivity (Wildman–Crippen MR) is 133 cm³/mol. The second kappa shape index (κ2) is 8.36. The Hall–Kier alpha value is -2.42. The Morgan fingerprint density at radius 3 is 2.29 bits per heavy atom. The summed E-state index contributed by atoms with van der Waals surface area (Å²) in [6, 6.07) is 16.4. The molecule has 9 heteroatoms. The van der Waals surface area contributed by atoms with Gasteiger partial charge in [-0.25, -0.2) is 13.2 Å². The van der Waals surface area contributed by atoms with Crippen LogP contribution in [0.15, 0.2) is 70.0 Å². The number of carboxylic acid groups (broad SMARTS) is 1. The van der Waals surface area contributed by atoms with Crippen LogP contribution in [-0.4, -0.2) is 48.1 Å². The number of carbonyl (C=O) groups excluding carboxylic acids is 1. The van der Waals surface area contributed by atoms with Crippen LogP contribution in [0.4, 0.5) is 0 Å². The maximum Gasteiger partial charge on any atom is 0.326 e. The summed E-state index contributed by atoms with van der Waals surface area (Å²) in [7, 11) is -3.93. The van der Waals surface area contributed by atoms with Gasteiger partial charge in [-0.2, -0.15) is 0 Å². The normalized spacial score (nSPS) is 21.5. The zero-order valence-electron chi connectivity index (χ0n) is 17.9. The molecule has 1 aliphatic carbocycles. The van der Waals surface area contributed by atoms with E-state index in [-0.39, 0.29) is 28.8 Å². The van der Waals surface area contributed by atoms with Crippen LogP contribution in [0.1, 0.15) is 24.8 Å². The van der Waals surface area contributed by atoms with Gasteiger partial charge in [-0.3, -0.25) is 4.79 Å². The lowest BCUT2D eigenvalue weighted by Gasteiger charge is -2.28. The van der Waals surface area contributed by atoms with Crippen LogP contribution in [0, 0.1) is 0 Å². The van der Waals surface area contributed by atoms with Crippen molar-refractivity contribution in [3.05, 3.63) is 75.7 Å². The molecule has 5 rings (SSSR count). The van der Waals surface area contributed by atoms with Crippen molar-refractivity contribution in [2.75, 3.05) is 6.54 Å². The van der Waals surface area contributed by atoms with Crippen LogP contribution in [0.3, 0.4) is 0 Å². The second-order valence-corrected chi connectivity index (χ2v) is 12.3. The minimum atomic E-state index is -3.93. The van der Waals surface area contributed by atoms with Crippen molar-refractivity contribution in [2.24, 2.45) is 0 Å². The molecular formula is C25H21BrClNO5S. The number of fused-ring (bicyclic) bond motifs is 1. The molecule has 0 bridgehead atoms. The maximum absolute atomic E-state index is 13.9. The van der Waals surface area contributed by atoms with E-state index in [2.05, 4.69) is 15.9 Å². The summed E-state index contributed by atoms with van der Waals surface area (Å²) in [5.74, 6) is -1.54. The summed E-state index contributed by atoms with van der Waals surface area (Å²) in [6.07, 6.45) is 0.996. The van der Waals surface area contributed by atoms with Crippen molar-refractivity contribution < 1.29 is 23.1 Å². The number of likely N-dealkylation sites (tertiary alicyclic amines) is 1. The smallest absolute Gasteiger partial charge is 0.326 e. The van der Waals surface area contributed by atoms with E-state index >= 15 is 0 Å². The van der Waals surface area contributed by atoms with Crippen LogP contribution in [0.5, 0.6) is 0 Å². The van der Waals surface area contributed by atoms with Gasteiger partial charge >= 0.3 is 5.97 Å². The maximum atomic E-state index is 13.9. The second-order valence-electron chi connectivity index (χ2n) is 8.87. The Morgan fingerprint density at radius 2 is 1.65 bits per heavy atom. The highest BCUT2D eigenvalue weighted by Gasteiger charge is 2.57. The van der Waals surface area contributed by atoms with E-state index < -0.39 is 32.5 Å². The number of hydrogen-bond acceptors (Lipinski definition) is 4. The number of sulfone groups is 1. The molecule has 1 heterocycles. The molecule has 0 unspecified atom stereocenters. The van der Waals surface area contributed by atoms with Gasteiger partial charge in [0, 0.05) is 11.0 Å². The SMILES string of the molecule is O=C(O)[C@H]1C[C@@H](S(=O)(=O)c2ccccc2Cl)CN1C(=O)C1(c2ccc(Br)c3ccccc23)CC1. The zero-order chi connectivity index (χ0) is 24.3. The molecule has 0 aromatic heterocycles. The fraction of sp³-hybridized carbons (Fsp3) is 0.280. The Balaban J connectivity index is 1.52. The quantitative estimate of drug-likeness (QED) is 0.482. The van der Waals surface area contributed by atoms with Gasteiger partial charge in [-0.05, 0) is 53.8 Å². The largest absolute Gasteiger partial charge is 0.480 e. The Kier molecular flexibility index (Phi) is 5.73. The lowest BCUT2D eigenvalue weighted by Crippen LogP contribution is -2.46. The van der Waals surface area contributed by atoms with E-state index in [1.807, 2.05) is 36.4 Å². The standard InChI is InChI=1S/C25H21BrClNO5S/c26-19-10-9-18(16-5-1-2-6-17(16)19)25(11-12-25)24(31)28-14-15(13-21(28)23(29)30)34(32,33)22-8-4-3-7-20(22)27/h1-10,15,21H,11-14H2,(H,29,30)/t15-,21-/m1/s1. The number of aliphatic carboxylic acids is 1. The lowest BCUT2D eigenvalue weighted by atomic mass is 9.89. The molecule has 2 atom stereocenters. The van der Waals surface area contributed by atoms with Gasteiger partial charge in [0.15, 0.2) is 9.84 Å². The number of benzene rings is 3. The molecule has 34 heavy (non-hydrogen) atoms. The van der Waals surface area contributed by atoms with Gasteiger partial charge in [0.1, 0.15) is 6.04 Å². The predicted octanol–water partition coefficient (Wildman–Crippen LogP) is 4.82. The third-order valence-electron chi connectivity index (χ3n) is 6.94. The van der Waals surface area contributed by atoms with Gasteiger partial charge in [-0.15, -0.1) is 0 Å². The first-order chi connectivity index (χ1) is 16.2. The minimum absolute atomic E-state index is 0.0415. The number of carbonyl (C=O) groups is 2. The molecule has 2 fully saturated rings. The molecule has 1 saturated heterocycles. The molecule has 3 aromatic rings. The number of amides is 1. The van der Waals surface area contributed by atoms with Crippen LogP contribution in [0.25, 0.3) is 10.8 Å². The van der Waals surface area contributed by atoms with Crippen molar-refractivity contribution in [1.82, 2.24) is 4.90 Å². The van der Waals surface area contributed by atoms with Gasteiger partial charge in [0.2, 0.25) is 5.91 Å². The fourth-order valence-corrected chi connectivity index (χ4v) is 7.71. The van der Waals surface area contributed by atoms with Crippen LogP contribution in [0.2, 0.25) is 5.02 Å². The number of hydrogen-bond donors (Lipinski definition) is 1. The van der Waals surface area contributed by atoms with E-state index in [0.717, 1.165) is 20.8 Å². The summed E-state index contributed by atoms with van der Waals surface area (Å²) >= 11 is 9.69. The number of halogens is 2. The molecule has 1 aliphatic heterocycles. The van der Waals surface area contributed by atoms with Crippen molar-refractivity contribution in [2.45, 2.75) is 40.9 Å². The van der Waals surface area contributed by atoms with Crippen LogP contribution in [-0.2, 0) is 24.8 Å². The summed E-state index contributed by atoms with van der Waals surface area (Å²) in [5.41, 5.74) is -0.00492. The summed E-state index contributed by atoms with van der Waals surface area (Å²) < 4.78 is 27.5. The van der Waals surface area contributed by atoms with Crippen molar-refractivity contribution >= 4 is 60.0 Å². The van der Waals surface area contributed by atoms with Gasteiger partial charge < -0.3 is 10.0 Å². The van der Waals surface area contributed by atoms with Crippen LogP contribution >= 0.6 is 27.5 Å². The zero-order valence-corrected chi connectivity index (χ0v) is 21.1. The highest BCUT2D eigenvalue weighted by Crippen LogP contribution is 2.53. The van der Waals surface area contributed by atoms with Crippen molar-refractivity contribution in [1.29, 1.82) is 0 Å². The van der Waals surface area contributed by atoms with E-state index in [4.69, 9.17) is 11.6 Å². The average molecular weight is 563 g/mol. The molecular weight excluding hydrogens is 542 g/mol. The third kappa shape index (κ3) is 3.63. The highest BCUT2D eigenvalue weighted by atomic mass is 79.9. The first kappa shape index (κ1) is 23.3. The molecule has 6 nitrogen and oxygen atoms in total. The molecule has 2 aliphatic rings. The average Bonchev–Trinajstić information content (AvgIpc) is 3.48. The minimum Gasteiger partial charge on any atom is -0.480 e. The summed E-state index contributed by atoms with van der Waals surface area (Å²) in [4.78, 5) is 27.2. The van der Waals surface area contributed by atoms with Crippen LogP contribution < -0.4 is 0 Å². The molecule has 0 radical (unpaired) electrons. The Labute approximate surface area is 210 Å². The van der Waals surface area contributed by atoms with E-state index in [0.29, 0.717) is 12.8 Å². The number of nitrogens with zero attached hydrogens (tertiary/aromatic N) is 1. The third-order valence-corrected chi connectivity index (χ3v) is 10.3. The number of rotatable bonds is 5. The van der Waals surface area contributed by atoms with E-state index in [1.54, 1.807) is 12.1 Å². The van der Waals surface area contributed by atoms with Gasteiger partial charge in [0.05, 0.1) is 20.6 Å². The molecule has 1 N–H and O–H groups in total. The van der Waals surface area contributed by atoms with Crippen molar-refractivity contribution in [3.63, 3.8) is 0 Å². The van der Waals surface area contributed by atoms with E-state index in [1.165, 1.54) is 17.0 Å². The van der Waals surface area contributed by atoms with Gasteiger partial charge in [0.25, 0.3) is 0 Å². The first-order valence-corrected chi connectivity index (χ1v) is 13.6. The monoisotopic (exact) mass is 561 g/mol. The fourth-order valence-electron chi connectivity index (χ4n) is 5.01. The first-order valence-electron chi connectivity index (χ1n) is 10.9. The summed E-state index contributed by atoms with van der Waals surface area (Å²) in [6.45, 7) is -0.181. The molecule has 1 amide bonds. The Bertz CT molecular complexity index is 1440. The van der Waals surface area contributed by atoms with Gasteiger partial charge in [-0.1, -0.05) is 70.0 Å². The topological polar surface area (TPSA) is 91.8 Å².